The average molecular weight is 139 g/mol. The van der Waals surface area contributed by atoms with Gasteiger partial charge in [0.05, 0.1) is 0 Å². The van der Waals surface area contributed by atoms with E-state index in [1.54, 1.807) is 6.21 Å². The van der Waals surface area contributed by atoms with Crippen LogP contribution in [0.1, 0.15) is 25.7 Å². The Labute approximate surface area is 60.9 Å². The zero-order chi connectivity index (χ0) is 6.97. The third-order valence-electron chi connectivity index (χ3n) is 2.86. The summed E-state index contributed by atoms with van der Waals surface area (Å²) in [5.74, 6) is 2.61. The second-order valence-corrected chi connectivity index (χ2v) is 3.59. The second kappa shape index (κ2) is 2.26. The van der Waals surface area contributed by atoms with Crippen molar-refractivity contribution in [3.63, 3.8) is 0 Å². The molecule has 0 spiro atoms. The number of hydrogen-bond acceptors (Lipinski definition) is 2. The zero-order valence-electron chi connectivity index (χ0n) is 6.03. The first kappa shape index (κ1) is 6.20. The van der Waals surface area contributed by atoms with Crippen LogP contribution >= 0.6 is 0 Å². The van der Waals surface area contributed by atoms with Crippen molar-refractivity contribution in [1.82, 2.24) is 0 Å². The van der Waals surface area contributed by atoms with E-state index >= 15 is 0 Å². The fourth-order valence-electron chi connectivity index (χ4n) is 2.12. The summed E-state index contributed by atoms with van der Waals surface area (Å²) in [6.45, 7) is 0. The van der Waals surface area contributed by atoms with Gasteiger partial charge in [-0.1, -0.05) is 0 Å². The van der Waals surface area contributed by atoms with E-state index < -0.39 is 0 Å². The maximum absolute atomic E-state index is 8.29. The maximum atomic E-state index is 8.29. The Hall–Kier alpha value is -0.530. The Kier molecular flexibility index (Phi) is 1.40. The minimum atomic E-state index is 0.578. The predicted octanol–water partition coefficient (Wildman–Crippen LogP) is 1.88. The van der Waals surface area contributed by atoms with Crippen molar-refractivity contribution in [2.45, 2.75) is 25.7 Å². The van der Waals surface area contributed by atoms with Crippen molar-refractivity contribution in [2.24, 2.45) is 22.9 Å². The van der Waals surface area contributed by atoms with Crippen molar-refractivity contribution in [2.75, 3.05) is 0 Å². The number of nitrogens with zero attached hydrogens (tertiary/aromatic N) is 1. The minimum Gasteiger partial charge on any atom is -0.411 e. The molecule has 56 valence electrons. The molecule has 0 aromatic carbocycles. The summed E-state index contributed by atoms with van der Waals surface area (Å²) in [5, 5.41) is 11.4. The molecule has 2 saturated carbocycles. The molecule has 10 heavy (non-hydrogen) atoms. The monoisotopic (exact) mass is 139 g/mol. The lowest BCUT2D eigenvalue weighted by atomic mass is 9.90. The standard InChI is InChI=1S/C8H13NO/c10-9-5-6-1-2-7-4-8(7)3-6/h5-8,10H,1-4H2/b9-5-. The van der Waals surface area contributed by atoms with Crippen molar-refractivity contribution >= 4 is 6.21 Å². The molecule has 0 radical (unpaired) electrons. The third-order valence-corrected chi connectivity index (χ3v) is 2.86. The van der Waals surface area contributed by atoms with Crippen LogP contribution < -0.4 is 0 Å². The average Bonchev–Trinajstić information content (AvgIpc) is 2.66. The molecule has 3 atom stereocenters. The van der Waals surface area contributed by atoms with Crippen LogP contribution in [-0.4, -0.2) is 11.4 Å². The molecule has 0 heterocycles. The van der Waals surface area contributed by atoms with Crippen LogP contribution in [0.15, 0.2) is 5.16 Å². The fourth-order valence-corrected chi connectivity index (χ4v) is 2.12. The first-order chi connectivity index (χ1) is 4.90. The van der Waals surface area contributed by atoms with Crippen LogP contribution in [0.5, 0.6) is 0 Å². The summed E-state index contributed by atoms with van der Waals surface area (Å²) in [6, 6.07) is 0. The normalized spacial score (nSPS) is 45.4. The molecular weight excluding hydrogens is 126 g/mol. The Morgan fingerprint density at radius 1 is 1.20 bits per heavy atom. The van der Waals surface area contributed by atoms with Gasteiger partial charge in [-0.3, -0.25) is 0 Å². The first-order valence-electron chi connectivity index (χ1n) is 4.07. The van der Waals surface area contributed by atoms with E-state index in [4.69, 9.17) is 5.21 Å². The highest BCUT2D eigenvalue weighted by Crippen LogP contribution is 2.50. The van der Waals surface area contributed by atoms with Crippen molar-refractivity contribution in [3.8, 4) is 0 Å². The molecule has 0 saturated heterocycles. The van der Waals surface area contributed by atoms with Crippen LogP contribution in [0.3, 0.4) is 0 Å². The van der Waals surface area contributed by atoms with E-state index in [1.165, 1.54) is 25.7 Å². The highest BCUT2D eigenvalue weighted by molar-refractivity contribution is 5.60. The largest absolute Gasteiger partial charge is 0.411 e. The van der Waals surface area contributed by atoms with E-state index in [9.17, 15) is 0 Å². The molecule has 2 rings (SSSR count). The van der Waals surface area contributed by atoms with Crippen LogP contribution in [0.4, 0.5) is 0 Å². The van der Waals surface area contributed by atoms with Crippen LogP contribution in [0.25, 0.3) is 0 Å². The van der Waals surface area contributed by atoms with Gasteiger partial charge in [0.2, 0.25) is 0 Å². The van der Waals surface area contributed by atoms with Gasteiger partial charge in [0.1, 0.15) is 0 Å². The lowest BCUT2D eigenvalue weighted by Crippen LogP contribution is -2.09. The van der Waals surface area contributed by atoms with E-state index in [1.807, 2.05) is 0 Å². The van der Waals surface area contributed by atoms with Crippen LogP contribution in [0, 0.1) is 17.8 Å². The lowest BCUT2D eigenvalue weighted by Gasteiger charge is -2.15. The van der Waals surface area contributed by atoms with Gasteiger partial charge in [0, 0.05) is 6.21 Å². The van der Waals surface area contributed by atoms with Crippen LogP contribution in [0.2, 0.25) is 0 Å². The van der Waals surface area contributed by atoms with Crippen molar-refractivity contribution < 1.29 is 5.21 Å². The zero-order valence-corrected chi connectivity index (χ0v) is 6.03. The van der Waals surface area contributed by atoms with E-state index in [-0.39, 0.29) is 0 Å². The fraction of sp³-hybridized carbons (Fsp3) is 0.875. The molecule has 3 unspecified atom stereocenters. The minimum absolute atomic E-state index is 0.578. The van der Waals surface area contributed by atoms with Gasteiger partial charge in [-0.2, -0.15) is 0 Å². The SMILES string of the molecule is O/N=C\C1CCC2CC2C1. The van der Waals surface area contributed by atoms with Gasteiger partial charge in [0.15, 0.2) is 0 Å². The Bertz CT molecular complexity index is 155. The Balaban J connectivity index is 1.88. The van der Waals surface area contributed by atoms with E-state index in [0.29, 0.717) is 5.92 Å². The highest BCUT2D eigenvalue weighted by atomic mass is 16.4. The molecule has 1 N–H and O–H groups in total. The van der Waals surface area contributed by atoms with Crippen LogP contribution in [-0.2, 0) is 0 Å². The van der Waals surface area contributed by atoms with E-state index in [2.05, 4.69) is 5.16 Å². The number of fused-ring (bicyclic) bond motifs is 1. The van der Waals surface area contributed by atoms with Gasteiger partial charge in [-0.05, 0) is 43.4 Å². The smallest absolute Gasteiger partial charge is 0.0466 e. The van der Waals surface area contributed by atoms with Gasteiger partial charge >= 0.3 is 0 Å². The number of hydrogen-bond donors (Lipinski definition) is 1. The number of rotatable bonds is 1. The topological polar surface area (TPSA) is 32.6 Å². The maximum Gasteiger partial charge on any atom is 0.0466 e. The Morgan fingerprint density at radius 2 is 2.10 bits per heavy atom. The van der Waals surface area contributed by atoms with E-state index in [0.717, 1.165) is 11.8 Å². The molecular formula is C8H13NO. The third kappa shape index (κ3) is 1.02. The second-order valence-electron chi connectivity index (χ2n) is 3.59. The predicted molar refractivity (Wildman–Crippen MR) is 39.2 cm³/mol. The summed E-state index contributed by atoms with van der Waals surface area (Å²) in [7, 11) is 0. The van der Waals surface area contributed by atoms with Gasteiger partial charge in [0.25, 0.3) is 0 Å². The lowest BCUT2D eigenvalue weighted by molar-refractivity contribution is 0.313. The summed E-state index contributed by atoms with van der Waals surface area (Å²) >= 11 is 0. The molecule has 2 aliphatic carbocycles. The van der Waals surface area contributed by atoms with Crippen molar-refractivity contribution in [1.29, 1.82) is 0 Å². The molecule has 2 fully saturated rings. The summed E-state index contributed by atoms with van der Waals surface area (Å²) < 4.78 is 0. The summed E-state index contributed by atoms with van der Waals surface area (Å²) in [4.78, 5) is 0. The molecule has 0 aromatic rings. The molecule has 2 heteroatoms. The molecule has 0 aliphatic heterocycles. The summed E-state index contributed by atoms with van der Waals surface area (Å²) in [5.41, 5.74) is 0. The first-order valence-corrected chi connectivity index (χ1v) is 4.07. The highest BCUT2D eigenvalue weighted by Gasteiger charge is 2.41. The molecule has 0 aromatic heterocycles. The molecule has 2 nitrogen and oxygen atoms in total. The molecule has 0 bridgehead atoms. The quantitative estimate of drug-likeness (QED) is 0.336. The Morgan fingerprint density at radius 3 is 2.80 bits per heavy atom. The number of oxime groups is 1. The molecule has 2 aliphatic rings. The van der Waals surface area contributed by atoms with Gasteiger partial charge in [-0.15, -0.1) is 5.16 Å². The summed E-state index contributed by atoms with van der Waals surface area (Å²) in [6.07, 6.45) is 7.02. The van der Waals surface area contributed by atoms with Crippen molar-refractivity contribution in [3.05, 3.63) is 0 Å². The molecule has 0 amide bonds. The van der Waals surface area contributed by atoms with Gasteiger partial charge < -0.3 is 5.21 Å². The van der Waals surface area contributed by atoms with Gasteiger partial charge in [-0.25, -0.2) is 0 Å².